The highest BCUT2D eigenvalue weighted by atomic mass is 16.4. The molecule has 3 heteroatoms. The Kier molecular flexibility index (Phi) is 5.77. The largest absolute Gasteiger partial charge is 0.480 e. The molecular formula is C11H23NO2. The van der Waals surface area contributed by atoms with E-state index in [0.717, 1.165) is 6.54 Å². The molecule has 0 saturated carbocycles. The summed E-state index contributed by atoms with van der Waals surface area (Å²) in [5.41, 5.74) is 0. The van der Waals surface area contributed by atoms with Gasteiger partial charge in [-0.2, -0.15) is 0 Å². The van der Waals surface area contributed by atoms with E-state index in [9.17, 15) is 4.79 Å². The Balaban J connectivity index is 4.00. The maximum atomic E-state index is 10.6. The number of rotatable bonds is 6. The molecule has 1 atom stereocenters. The summed E-state index contributed by atoms with van der Waals surface area (Å²) in [4.78, 5) is 10.6. The standard InChI is InChI=1S/C11H23NO2/c1-7(2)10(8(3)4)6-12-9(5)11(13)14/h7-10,12H,6H2,1-5H3,(H,13,14)/t9-/m1/s1. The second-order valence-corrected chi connectivity index (χ2v) is 4.62. The van der Waals surface area contributed by atoms with E-state index in [1.807, 2.05) is 0 Å². The Hall–Kier alpha value is -0.570. The van der Waals surface area contributed by atoms with Gasteiger partial charge in [0.25, 0.3) is 0 Å². The Labute approximate surface area is 86.9 Å². The van der Waals surface area contributed by atoms with Crippen molar-refractivity contribution in [3.8, 4) is 0 Å². The van der Waals surface area contributed by atoms with Crippen LogP contribution in [-0.2, 0) is 4.79 Å². The van der Waals surface area contributed by atoms with Crippen LogP contribution in [0.4, 0.5) is 0 Å². The van der Waals surface area contributed by atoms with E-state index in [-0.39, 0.29) is 0 Å². The number of carboxylic acid groups (broad SMARTS) is 1. The summed E-state index contributed by atoms with van der Waals surface area (Å²) in [7, 11) is 0. The van der Waals surface area contributed by atoms with Gasteiger partial charge in [-0.05, 0) is 31.2 Å². The molecule has 0 aromatic carbocycles. The van der Waals surface area contributed by atoms with Crippen molar-refractivity contribution in [1.29, 1.82) is 0 Å². The van der Waals surface area contributed by atoms with Gasteiger partial charge in [-0.3, -0.25) is 4.79 Å². The van der Waals surface area contributed by atoms with Crippen molar-refractivity contribution in [2.24, 2.45) is 17.8 Å². The van der Waals surface area contributed by atoms with E-state index in [4.69, 9.17) is 5.11 Å². The van der Waals surface area contributed by atoms with Gasteiger partial charge < -0.3 is 10.4 Å². The van der Waals surface area contributed by atoms with Gasteiger partial charge in [-0.1, -0.05) is 27.7 Å². The highest BCUT2D eigenvalue weighted by Gasteiger charge is 2.19. The molecule has 0 aromatic heterocycles. The predicted molar refractivity (Wildman–Crippen MR) is 58.3 cm³/mol. The molecular weight excluding hydrogens is 178 g/mol. The van der Waals surface area contributed by atoms with Gasteiger partial charge in [-0.15, -0.1) is 0 Å². The monoisotopic (exact) mass is 201 g/mol. The Bertz CT molecular complexity index is 170. The van der Waals surface area contributed by atoms with Crippen molar-refractivity contribution in [3.63, 3.8) is 0 Å². The molecule has 0 unspecified atom stereocenters. The average Bonchev–Trinajstić information content (AvgIpc) is 2.02. The molecule has 0 heterocycles. The molecule has 3 nitrogen and oxygen atoms in total. The lowest BCUT2D eigenvalue weighted by Crippen LogP contribution is -2.39. The summed E-state index contributed by atoms with van der Waals surface area (Å²) in [6, 6.07) is -0.449. The van der Waals surface area contributed by atoms with Gasteiger partial charge >= 0.3 is 5.97 Å². The second-order valence-electron chi connectivity index (χ2n) is 4.62. The van der Waals surface area contributed by atoms with Crippen molar-refractivity contribution < 1.29 is 9.90 Å². The smallest absolute Gasteiger partial charge is 0.320 e. The molecule has 0 bridgehead atoms. The topological polar surface area (TPSA) is 49.3 Å². The van der Waals surface area contributed by atoms with Crippen LogP contribution in [0.5, 0.6) is 0 Å². The van der Waals surface area contributed by atoms with E-state index < -0.39 is 12.0 Å². The third kappa shape index (κ3) is 4.61. The van der Waals surface area contributed by atoms with Crippen LogP contribution >= 0.6 is 0 Å². The lowest BCUT2D eigenvalue weighted by molar-refractivity contribution is -0.139. The molecule has 0 saturated heterocycles. The summed E-state index contributed by atoms with van der Waals surface area (Å²) >= 11 is 0. The number of carbonyl (C=O) groups is 1. The molecule has 0 amide bonds. The van der Waals surface area contributed by atoms with Crippen LogP contribution < -0.4 is 5.32 Å². The molecule has 0 aliphatic carbocycles. The molecule has 0 fully saturated rings. The van der Waals surface area contributed by atoms with E-state index >= 15 is 0 Å². The zero-order valence-corrected chi connectivity index (χ0v) is 9.87. The fourth-order valence-electron chi connectivity index (χ4n) is 1.64. The van der Waals surface area contributed by atoms with Gasteiger partial charge in [0.15, 0.2) is 0 Å². The van der Waals surface area contributed by atoms with Gasteiger partial charge in [0.1, 0.15) is 6.04 Å². The second kappa shape index (κ2) is 6.02. The van der Waals surface area contributed by atoms with Crippen LogP contribution in [-0.4, -0.2) is 23.7 Å². The molecule has 2 N–H and O–H groups in total. The SMILES string of the molecule is CC(C)C(CN[C@H](C)C(=O)O)C(C)C. The zero-order valence-electron chi connectivity index (χ0n) is 9.87. The fourth-order valence-corrected chi connectivity index (χ4v) is 1.64. The van der Waals surface area contributed by atoms with Crippen LogP contribution in [0.1, 0.15) is 34.6 Å². The number of aliphatic carboxylic acids is 1. The molecule has 0 rings (SSSR count). The van der Waals surface area contributed by atoms with Crippen LogP contribution in [0, 0.1) is 17.8 Å². The fraction of sp³-hybridized carbons (Fsp3) is 0.909. The summed E-state index contributed by atoms with van der Waals surface area (Å²) in [5.74, 6) is 0.931. The predicted octanol–water partition coefficient (Wildman–Crippen LogP) is 1.98. The van der Waals surface area contributed by atoms with Crippen molar-refractivity contribution >= 4 is 5.97 Å². The molecule has 0 aliphatic rings. The lowest BCUT2D eigenvalue weighted by Gasteiger charge is -2.26. The van der Waals surface area contributed by atoms with Crippen molar-refractivity contribution in [3.05, 3.63) is 0 Å². The first-order valence-electron chi connectivity index (χ1n) is 5.32. The minimum atomic E-state index is -0.781. The van der Waals surface area contributed by atoms with Crippen LogP contribution in [0.15, 0.2) is 0 Å². The minimum Gasteiger partial charge on any atom is -0.480 e. The first-order valence-corrected chi connectivity index (χ1v) is 5.32. The van der Waals surface area contributed by atoms with Crippen LogP contribution in [0.3, 0.4) is 0 Å². The van der Waals surface area contributed by atoms with Crippen molar-refractivity contribution in [2.75, 3.05) is 6.54 Å². The van der Waals surface area contributed by atoms with Crippen molar-refractivity contribution in [1.82, 2.24) is 5.32 Å². The van der Waals surface area contributed by atoms with Crippen LogP contribution in [0.2, 0.25) is 0 Å². The number of hydrogen-bond acceptors (Lipinski definition) is 2. The molecule has 0 aliphatic heterocycles. The summed E-state index contributed by atoms with van der Waals surface area (Å²) in [6.07, 6.45) is 0. The first-order chi connectivity index (χ1) is 6.36. The first kappa shape index (κ1) is 13.4. The molecule has 0 radical (unpaired) electrons. The van der Waals surface area contributed by atoms with Crippen LogP contribution in [0.25, 0.3) is 0 Å². The van der Waals surface area contributed by atoms with Crippen molar-refractivity contribution in [2.45, 2.75) is 40.7 Å². The maximum absolute atomic E-state index is 10.6. The number of carboxylic acids is 1. The summed E-state index contributed by atoms with van der Waals surface area (Å²) in [6.45, 7) is 11.2. The van der Waals surface area contributed by atoms with E-state index in [0.29, 0.717) is 17.8 Å². The summed E-state index contributed by atoms with van der Waals surface area (Å²) < 4.78 is 0. The summed E-state index contributed by atoms with van der Waals surface area (Å²) in [5, 5.41) is 11.8. The minimum absolute atomic E-state index is 0.449. The third-order valence-electron chi connectivity index (χ3n) is 2.74. The van der Waals surface area contributed by atoms with Gasteiger partial charge in [0, 0.05) is 0 Å². The quantitative estimate of drug-likeness (QED) is 0.691. The van der Waals surface area contributed by atoms with E-state index in [1.165, 1.54) is 0 Å². The molecule has 14 heavy (non-hydrogen) atoms. The zero-order chi connectivity index (χ0) is 11.3. The third-order valence-corrected chi connectivity index (χ3v) is 2.74. The van der Waals surface area contributed by atoms with Gasteiger partial charge in [0.2, 0.25) is 0 Å². The Morgan fingerprint density at radius 2 is 1.57 bits per heavy atom. The number of hydrogen-bond donors (Lipinski definition) is 2. The number of nitrogens with one attached hydrogen (secondary N) is 1. The highest BCUT2D eigenvalue weighted by Crippen LogP contribution is 2.19. The molecule has 0 spiro atoms. The van der Waals surface area contributed by atoms with E-state index in [1.54, 1.807) is 6.92 Å². The normalized spacial score (nSPS) is 14.0. The average molecular weight is 201 g/mol. The maximum Gasteiger partial charge on any atom is 0.320 e. The lowest BCUT2D eigenvalue weighted by atomic mass is 9.85. The molecule has 84 valence electrons. The van der Waals surface area contributed by atoms with Gasteiger partial charge in [-0.25, -0.2) is 0 Å². The van der Waals surface area contributed by atoms with E-state index in [2.05, 4.69) is 33.0 Å². The molecule has 0 aromatic rings. The van der Waals surface area contributed by atoms with Gasteiger partial charge in [0.05, 0.1) is 0 Å². The Morgan fingerprint density at radius 3 is 1.86 bits per heavy atom. The highest BCUT2D eigenvalue weighted by molar-refractivity contribution is 5.72. The Morgan fingerprint density at radius 1 is 1.14 bits per heavy atom.